The van der Waals surface area contributed by atoms with Gasteiger partial charge in [-0.2, -0.15) is 0 Å². The highest BCUT2D eigenvalue weighted by Crippen LogP contribution is 2.30. The number of hydrogen-bond acceptors (Lipinski definition) is 7. The number of H-pyrrole nitrogens is 1. The summed E-state index contributed by atoms with van der Waals surface area (Å²) in [5.41, 5.74) is 3.43. The maximum atomic E-state index is 10.9. The van der Waals surface area contributed by atoms with E-state index in [1.165, 1.54) is 0 Å². The molecule has 0 saturated heterocycles. The monoisotopic (exact) mass is 485 g/mol. The molecule has 4 aromatic rings. The van der Waals surface area contributed by atoms with E-state index in [9.17, 15) is 4.79 Å². The Morgan fingerprint density at radius 3 is 2.17 bits per heavy atom. The molecule has 2 N–H and O–H groups in total. The topological polar surface area (TPSA) is 123 Å². The third kappa shape index (κ3) is 5.51. The molecule has 1 aliphatic carbocycles. The number of carboxylic acid groups (broad SMARTS) is 1. The minimum absolute atomic E-state index is 0.0792. The molecule has 3 heterocycles. The molecule has 36 heavy (non-hydrogen) atoms. The van der Waals surface area contributed by atoms with Crippen LogP contribution in [0.5, 0.6) is 11.6 Å². The molecule has 1 fully saturated rings. The van der Waals surface area contributed by atoms with Crippen LogP contribution in [0, 0.1) is 5.92 Å². The summed E-state index contributed by atoms with van der Waals surface area (Å²) in [7, 11) is 1.63. The fraction of sp³-hybridized carbons (Fsp3) is 0.296. The zero-order valence-electron chi connectivity index (χ0n) is 19.9. The van der Waals surface area contributed by atoms with Crippen molar-refractivity contribution in [3.05, 3.63) is 60.9 Å². The summed E-state index contributed by atoms with van der Waals surface area (Å²) in [6.07, 6.45) is 7.29. The van der Waals surface area contributed by atoms with E-state index < -0.39 is 5.97 Å². The molecule has 0 atom stereocenters. The second kappa shape index (κ2) is 10.6. The summed E-state index contributed by atoms with van der Waals surface area (Å²) in [6.45, 7) is 0. The van der Waals surface area contributed by atoms with Crippen molar-refractivity contribution in [3.63, 3.8) is 0 Å². The van der Waals surface area contributed by atoms with Gasteiger partial charge in [0, 0.05) is 41.6 Å². The normalized spacial score (nSPS) is 17.5. The van der Waals surface area contributed by atoms with Crippen LogP contribution in [0.15, 0.2) is 60.9 Å². The number of nitrogens with zero attached hydrogens (tertiary/aromatic N) is 4. The molecule has 5 rings (SSSR count). The average Bonchev–Trinajstić information content (AvgIpc) is 3.41. The van der Waals surface area contributed by atoms with Crippen molar-refractivity contribution in [1.29, 1.82) is 0 Å². The molecule has 9 nitrogen and oxygen atoms in total. The van der Waals surface area contributed by atoms with Crippen LogP contribution in [0.3, 0.4) is 0 Å². The Balaban J connectivity index is 1.20. The van der Waals surface area contributed by atoms with E-state index >= 15 is 0 Å². The summed E-state index contributed by atoms with van der Waals surface area (Å²) in [5, 5.41) is 17.5. The number of carbonyl (C=O) groups is 1. The quantitative estimate of drug-likeness (QED) is 0.357. The molecular weight excluding hydrogens is 458 g/mol. The Kier molecular flexibility index (Phi) is 6.88. The van der Waals surface area contributed by atoms with Crippen molar-refractivity contribution in [2.45, 2.75) is 38.2 Å². The zero-order chi connectivity index (χ0) is 24.9. The van der Waals surface area contributed by atoms with Crippen LogP contribution < -0.4 is 9.47 Å². The summed E-state index contributed by atoms with van der Waals surface area (Å²) >= 11 is 0. The number of aromatic nitrogens is 5. The molecule has 0 radical (unpaired) electrons. The molecule has 0 unspecified atom stereocenters. The Morgan fingerprint density at radius 1 is 0.889 bits per heavy atom. The summed E-state index contributed by atoms with van der Waals surface area (Å²) < 4.78 is 11.2. The first-order valence-corrected chi connectivity index (χ1v) is 12.0. The van der Waals surface area contributed by atoms with Gasteiger partial charge in [-0.25, -0.2) is 4.98 Å². The van der Waals surface area contributed by atoms with Crippen LogP contribution >= 0.6 is 0 Å². The first-order chi connectivity index (χ1) is 17.6. The molecule has 1 saturated carbocycles. The molecule has 0 amide bonds. The standard InChI is InChI=1S/C27H27N5O4/c1-35-21-10-4-18(5-11-21)26-30-27(32-31-26)20-6-12-23(28-16-20)19-7-13-24(29-15-19)36-22-8-2-17(3-9-22)14-25(33)34/h4-7,10-13,15-17,22H,2-3,8-9,14H2,1H3,(H,33,34)(H,30,31,32)/t17-,22+. The van der Waals surface area contributed by atoms with Gasteiger partial charge < -0.3 is 19.6 Å². The molecular formula is C27H27N5O4. The van der Waals surface area contributed by atoms with Crippen molar-refractivity contribution in [3.8, 4) is 45.7 Å². The van der Waals surface area contributed by atoms with Crippen LogP contribution in [-0.2, 0) is 4.79 Å². The maximum absolute atomic E-state index is 10.9. The number of hydrogen-bond donors (Lipinski definition) is 2. The van der Waals surface area contributed by atoms with Gasteiger partial charge in [0.05, 0.1) is 12.8 Å². The predicted molar refractivity (Wildman–Crippen MR) is 133 cm³/mol. The molecule has 184 valence electrons. The number of nitrogens with one attached hydrogen (secondary N) is 1. The van der Waals surface area contributed by atoms with Crippen molar-refractivity contribution in [1.82, 2.24) is 25.1 Å². The van der Waals surface area contributed by atoms with Gasteiger partial charge in [-0.1, -0.05) is 0 Å². The Labute approximate surface area is 208 Å². The summed E-state index contributed by atoms with van der Waals surface area (Å²) in [6, 6.07) is 15.3. The van der Waals surface area contributed by atoms with Gasteiger partial charge in [-0.3, -0.25) is 9.78 Å². The van der Waals surface area contributed by atoms with E-state index in [2.05, 4.69) is 25.1 Å². The first kappa shape index (κ1) is 23.5. The van der Waals surface area contributed by atoms with E-state index in [0.29, 0.717) is 17.5 Å². The minimum atomic E-state index is -0.725. The fourth-order valence-electron chi connectivity index (χ4n) is 4.45. The molecule has 1 aromatic carbocycles. The number of carboxylic acids is 1. The van der Waals surface area contributed by atoms with Gasteiger partial charge >= 0.3 is 5.97 Å². The van der Waals surface area contributed by atoms with Gasteiger partial charge in [0.2, 0.25) is 5.88 Å². The molecule has 0 spiro atoms. The zero-order valence-corrected chi connectivity index (χ0v) is 19.9. The highest BCUT2D eigenvalue weighted by atomic mass is 16.5. The number of pyridine rings is 2. The van der Waals surface area contributed by atoms with E-state index in [1.54, 1.807) is 19.5 Å². The van der Waals surface area contributed by atoms with E-state index in [-0.39, 0.29) is 18.4 Å². The first-order valence-electron chi connectivity index (χ1n) is 12.0. The van der Waals surface area contributed by atoms with Crippen LogP contribution in [0.2, 0.25) is 0 Å². The van der Waals surface area contributed by atoms with Gasteiger partial charge in [0.1, 0.15) is 11.9 Å². The number of methoxy groups -OCH3 is 1. The lowest BCUT2D eigenvalue weighted by Crippen LogP contribution is -2.25. The summed E-state index contributed by atoms with van der Waals surface area (Å²) in [5.74, 6) is 2.19. The molecule has 9 heteroatoms. The van der Waals surface area contributed by atoms with Crippen LogP contribution in [0.4, 0.5) is 0 Å². The van der Waals surface area contributed by atoms with E-state index in [0.717, 1.165) is 53.8 Å². The van der Waals surface area contributed by atoms with Crippen molar-refractivity contribution in [2.24, 2.45) is 5.92 Å². The lowest BCUT2D eigenvalue weighted by molar-refractivity contribution is -0.138. The van der Waals surface area contributed by atoms with Gasteiger partial charge in [0.25, 0.3) is 0 Å². The Morgan fingerprint density at radius 2 is 1.56 bits per heavy atom. The molecule has 3 aromatic heterocycles. The summed E-state index contributed by atoms with van der Waals surface area (Å²) in [4.78, 5) is 23.2. The van der Waals surface area contributed by atoms with Crippen LogP contribution in [-0.4, -0.2) is 49.4 Å². The van der Waals surface area contributed by atoms with Crippen molar-refractivity contribution in [2.75, 3.05) is 7.11 Å². The third-order valence-corrected chi connectivity index (χ3v) is 6.46. The smallest absolute Gasteiger partial charge is 0.303 e. The number of aliphatic carboxylic acids is 1. The second-order valence-electron chi connectivity index (χ2n) is 8.93. The third-order valence-electron chi connectivity index (χ3n) is 6.46. The Hall–Kier alpha value is -4.27. The number of benzene rings is 1. The highest BCUT2D eigenvalue weighted by Gasteiger charge is 2.24. The average molecular weight is 486 g/mol. The molecule has 1 aliphatic rings. The van der Waals surface area contributed by atoms with Crippen LogP contribution in [0.1, 0.15) is 32.1 Å². The lowest BCUT2D eigenvalue weighted by atomic mass is 9.85. The highest BCUT2D eigenvalue weighted by molar-refractivity contribution is 5.67. The van der Waals surface area contributed by atoms with Crippen molar-refractivity contribution < 1.29 is 19.4 Å². The minimum Gasteiger partial charge on any atom is -0.497 e. The van der Waals surface area contributed by atoms with Crippen molar-refractivity contribution >= 4 is 5.97 Å². The molecule has 0 bridgehead atoms. The number of ether oxygens (including phenoxy) is 2. The van der Waals surface area contributed by atoms with E-state index in [1.807, 2.05) is 48.5 Å². The number of aromatic amines is 1. The lowest BCUT2D eigenvalue weighted by Gasteiger charge is -2.27. The van der Waals surface area contributed by atoms with Gasteiger partial charge in [0.15, 0.2) is 11.6 Å². The predicted octanol–water partition coefficient (Wildman–Crippen LogP) is 5.02. The van der Waals surface area contributed by atoms with E-state index in [4.69, 9.17) is 14.6 Å². The Bertz CT molecular complexity index is 1300. The largest absolute Gasteiger partial charge is 0.497 e. The maximum Gasteiger partial charge on any atom is 0.303 e. The van der Waals surface area contributed by atoms with Gasteiger partial charge in [-0.05, 0) is 74.1 Å². The SMILES string of the molecule is COc1ccc(-c2nnc(-c3ccc(-c4ccc(O[C@H]5CC[C@@H](CC(=O)O)CC5)nc4)nc3)[nH]2)cc1. The van der Waals surface area contributed by atoms with Crippen LogP contribution in [0.25, 0.3) is 34.0 Å². The second-order valence-corrected chi connectivity index (χ2v) is 8.93. The fourth-order valence-corrected chi connectivity index (χ4v) is 4.45. The molecule has 0 aliphatic heterocycles. The number of rotatable bonds is 8. The van der Waals surface area contributed by atoms with Gasteiger partial charge in [-0.15, -0.1) is 10.2 Å².